The van der Waals surface area contributed by atoms with Gasteiger partial charge in [-0.1, -0.05) is 6.92 Å². The minimum Gasteiger partial charge on any atom is -0.466 e. The van der Waals surface area contributed by atoms with Crippen molar-refractivity contribution in [2.75, 3.05) is 6.61 Å². The minimum absolute atomic E-state index is 0.0203. The van der Waals surface area contributed by atoms with Gasteiger partial charge >= 0.3 is 5.97 Å². The Kier molecular flexibility index (Phi) is 6.50. The van der Waals surface area contributed by atoms with Gasteiger partial charge in [0.15, 0.2) is 0 Å². The van der Waals surface area contributed by atoms with Gasteiger partial charge in [0, 0.05) is 31.4 Å². The summed E-state index contributed by atoms with van der Waals surface area (Å²) in [4.78, 5) is 11.2. The highest BCUT2D eigenvalue weighted by Crippen LogP contribution is 2.08. The Morgan fingerprint density at radius 2 is 2.28 bits per heavy atom. The van der Waals surface area contributed by atoms with Crippen LogP contribution in [-0.4, -0.2) is 23.2 Å². The van der Waals surface area contributed by atoms with Crippen molar-refractivity contribution in [3.05, 3.63) is 24.0 Å². The smallest absolute Gasteiger partial charge is 0.305 e. The van der Waals surface area contributed by atoms with Crippen LogP contribution in [0.15, 0.2) is 18.5 Å². The van der Waals surface area contributed by atoms with E-state index in [1.54, 1.807) is 0 Å². The highest BCUT2D eigenvalue weighted by molar-refractivity contribution is 5.69. The number of esters is 1. The zero-order chi connectivity index (χ0) is 13.4. The molecule has 2 N–H and O–H groups in total. The van der Waals surface area contributed by atoms with E-state index in [0.29, 0.717) is 19.4 Å². The average molecular weight is 252 g/mol. The number of carbonyl (C=O) groups excluding carboxylic acids is 1. The monoisotopic (exact) mass is 252 g/mol. The SMILES string of the molecule is CCCn1ccc(CC(N)CCC(=O)OCC)c1. The number of carbonyl (C=O) groups is 1. The zero-order valence-electron chi connectivity index (χ0n) is 11.4. The fraction of sp³-hybridized carbons (Fsp3) is 0.643. The fourth-order valence-electron chi connectivity index (χ4n) is 1.95. The van der Waals surface area contributed by atoms with Crippen LogP contribution in [0, 0.1) is 0 Å². The van der Waals surface area contributed by atoms with Crippen molar-refractivity contribution >= 4 is 5.97 Å². The lowest BCUT2D eigenvalue weighted by Gasteiger charge is -2.09. The fourth-order valence-corrected chi connectivity index (χ4v) is 1.95. The van der Waals surface area contributed by atoms with Crippen molar-refractivity contribution in [3.63, 3.8) is 0 Å². The Bertz CT molecular complexity index is 360. The van der Waals surface area contributed by atoms with Crippen molar-refractivity contribution < 1.29 is 9.53 Å². The van der Waals surface area contributed by atoms with E-state index in [2.05, 4.69) is 30.0 Å². The van der Waals surface area contributed by atoms with Gasteiger partial charge in [-0.05, 0) is 37.8 Å². The second-order valence-electron chi connectivity index (χ2n) is 4.57. The lowest BCUT2D eigenvalue weighted by Crippen LogP contribution is -2.24. The average Bonchev–Trinajstić information content (AvgIpc) is 2.75. The molecule has 4 nitrogen and oxygen atoms in total. The first-order valence-corrected chi connectivity index (χ1v) is 6.71. The molecule has 0 aliphatic carbocycles. The molecule has 4 heteroatoms. The van der Waals surface area contributed by atoms with E-state index in [9.17, 15) is 4.79 Å². The molecule has 0 bridgehead atoms. The number of aryl methyl sites for hydroxylation is 1. The number of hydrogen-bond acceptors (Lipinski definition) is 3. The van der Waals surface area contributed by atoms with Crippen molar-refractivity contribution in [2.24, 2.45) is 5.73 Å². The molecule has 1 heterocycles. The van der Waals surface area contributed by atoms with Gasteiger partial charge in [0.25, 0.3) is 0 Å². The Hall–Kier alpha value is -1.29. The van der Waals surface area contributed by atoms with Gasteiger partial charge in [0.1, 0.15) is 0 Å². The van der Waals surface area contributed by atoms with Gasteiger partial charge < -0.3 is 15.0 Å². The van der Waals surface area contributed by atoms with E-state index < -0.39 is 0 Å². The predicted octanol–water partition coefficient (Wildman–Crippen LogP) is 2.11. The van der Waals surface area contributed by atoms with Crippen molar-refractivity contribution in [1.29, 1.82) is 0 Å². The van der Waals surface area contributed by atoms with Crippen LogP contribution in [-0.2, 0) is 22.5 Å². The lowest BCUT2D eigenvalue weighted by molar-refractivity contribution is -0.143. The molecule has 102 valence electrons. The van der Waals surface area contributed by atoms with Crippen LogP contribution < -0.4 is 5.73 Å². The van der Waals surface area contributed by atoms with E-state index in [0.717, 1.165) is 19.4 Å². The molecule has 0 saturated heterocycles. The Labute approximate surface area is 109 Å². The topological polar surface area (TPSA) is 57.2 Å². The summed E-state index contributed by atoms with van der Waals surface area (Å²) < 4.78 is 7.05. The summed E-state index contributed by atoms with van der Waals surface area (Å²) in [5.41, 5.74) is 7.25. The van der Waals surface area contributed by atoms with Crippen LogP contribution in [0.25, 0.3) is 0 Å². The zero-order valence-corrected chi connectivity index (χ0v) is 11.4. The third-order valence-corrected chi connectivity index (χ3v) is 2.82. The Morgan fingerprint density at radius 1 is 1.50 bits per heavy atom. The van der Waals surface area contributed by atoms with E-state index in [-0.39, 0.29) is 12.0 Å². The van der Waals surface area contributed by atoms with Crippen molar-refractivity contribution in [1.82, 2.24) is 4.57 Å². The summed E-state index contributed by atoms with van der Waals surface area (Å²) >= 11 is 0. The largest absolute Gasteiger partial charge is 0.466 e. The van der Waals surface area contributed by atoms with E-state index >= 15 is 0 Å². The highest BCUT2D eigenvalue weighted by Gasteiger charge is 2.09. The molecular weight excluding hydrogens is 228 g/mol. The normalized spacial score (nSPS) is 12.4. The number of ether oxygens (including phenoxy) is 1. The molecule has 0 aromatic carbocycles. The second-order valence-corrected chi connectivity index (χ2v) is 4.57. The van der Waals surface area contributed by atoms with Crippen LogP contribution in [0.1, 0.15) is 38.7 Å². The number of rotatable bonds is 8. The van der Waals surface area contributed by atoms with Crippen molar-refractivity contribution in [2.45, 2.75) is 52.1 Å². The minimum atomic E-state index is -0.156. The van der Waals surface area contributed by atoms with Crippen LogP contribution in [0.4, 0.5) is 0 Å². The molecule has 0 spiro atoms. The van der Waals surface area contributed by atoms with Gasteiger partial charge in [-0.25, -0.2) is 0 Å². The molecule has 0 aliphatic rings. The van der Waals surface area contributed by atoms with E-state index in [1.165, 1.54) is 5.56 Å². The number of nitrogens with zero attached hydrogens (tertiary/aromatic N) is 1. The maximum atomic E-state index is 11.2. The summed E-state index contributed by atoms with van der Waals surface area (Å²) in [6.45, 7) is 5.45. The van der Waals surface area contributed by atoms with Gasteiger partial charge in [-0.3, -0.25) is 4.79 Å². The molecule has 0 fully saturated rings. The molecule has 0 amide bonds. The molecule has 0 saturated carbocycles. The third-order valence-electron chi connectivity index (χ3n) is 2.82. The number of nitrogens with two attached hydrogens (primary N) is 1. The summed E-state index contributed by atoms with van der Waals surface area (Å²) in [7, 11) is 0. The molecule has 1 atom stereocenters. The Balaban J connectivity index is 2.30. The quantitative estimate of drug-likeness (QED) is 0.721. The first-order valence-electron chi connectivity index (χ1n) is 6.71. The summed E-state index contributed by atoms with van der Waals surface area (Å²) in [6, 6.07) is 2.12. The first kappa shape index (κ1) is 14.8. The molecule has 1 aromatic rings. The Morgan fingerprint density at radius 3 is 2.94 bits per heavy atom. The molecule has 0 aliphatic heterocycles. The second kappa shape index (κ2) is 7.93. The van der Waals surface area contributed by atoms with Crippen LogP contribution in [0.3, 0.4) is 0 Å². The third kappa shape index (κ3) is 5.36. The molecule has 0 radical (unpaired) electrons. The highest BCUT2D eigenvalue weighted by atomic mass is 16.5. The van der Waals surface area contributed by atoms with Gasteiger partial charge in [-0.2, -0.15) is 0 Å². The standard InChI is InChI=1S/C14H24N2O2/c1-3-8-16-9-7-12(11-16)10-13(15)5-6-14(17)18-4-2/h7,9,11,13H,3-6,8,10,15H2,1-2H3. The van der Waals surface area contributed by atoms with E-state index in [4.69, 9.17) is 10.5 Å². The van der Waals surface area contributed by atoms with Crippen LogP contribution >= 0.6 is 0 Å². The maximum Gasteiger partial charge on any atom is 0.305 e. The molecule has 1 aromatic heterocycles. The van der Waals surface area contributed by atoms with Gasteiger partial charge in [0.2, 0.25) is 0 Å². The summed E-state index contributed by atoms with van der Waals surface area (Å²) in [5.74, 6) is -0.156. The van der Waals surface area contributed by atoms with Crippen LogP contribution in [0.5, 0.6) is 0 Å². The molecule has 18 heavy (non-hydrogen) atoms. The molecule has 1 unspecified atom stereocenters. The summed E-state index contributed by atoms with van der Waals surface area (Å²) in [5, 5.41) is 0. The van der Waals surface area contributed by atoms with Gasteiger partial charge in [0.05, 0.1) is 6.61 Å². The first-order chi connectivity index (χ1) is 8.65. The lowest BCUT2D eigenvalue weighted by atomic mass is 10.1. The van der Waals surface area contributed by atoms with E-state index in [1.807, 2.05) is 6.92 Å². The predicted molar refractivity (Wildman–Crippen MR) is 72.3 cm³/mol. The van der Waals surface area contributed by atoms with Crippen LogP contribution in [0.2, 0.25) is 0 Å². The van der Waals surface area contributed by atoms with Crippen molar-refractivity contribution in [3.8, 4) is 0 Å². The summed E-state index contributed by atoms with van der Waals surface area (Å²) in [6.07, 6.45) is 7.24. The number of aromatic nitrogens is 1. The maximum absolute atomic E-state index is 11.2. The number of hydrogen-bond donors (Lipinski definition) is 1. The van der Waals surface area contributed by atoms with Gasteiger partial charge in [-0.15, -0.1) is 0 Å². The molecule has 1 rings (SSSR count). The molecular formula is C14H24N2O2.